The van der Waals surface area contributed by atoms with Gasteiger partial charge in [-0.3, -0.25) is 16.0 Å². The first kappa shape index (κ1) is 15.5. The van der Waals surface area contributed by atoms with Crippen molar-refractivity contribution in [2.45, 2.75) is 46.6 Å². The highest BCUT2D eigenvalue weighted by Crippen LogP contribution is 2.32. The number of nitrogens with one attached hydrogen (secondary N) is 1. The van der Waals surface area contributed by atoms with Crippen LogP contribution in [0.4, 0.5) is 0 Å². The molecule has 0 radical (unpaired) electrons. The Morgan fingerprint density at radius 1 is 1.50 bits per heavy atom. The molecule has 18 heavy (non-hydrogen) atoms. The van der Waals surface area contributed by atoms with Crippen LogP contribution in [0, 0.1) is 11.3 Å². The summed E-state index contributed by atoms with van der Waals surface area (Å²) in [4.78, 5) is 0. The molecule has 1 heterocycles. The monoisotopic (exact) mass is 272 g/mol. The number of hydrogen-bond acceptors (Lipinski definition) is 3. The highest BCUT2D eigenvalue weighted by Gasteiger charge is 2.23. The predicted molar refractivity (Wildman–Crippen MR) is 76.1 cm³/mol. The van der Waals surface area contributed by atoms with E-state index in [1.54, 1.807) is 10.9 Å². The lowest BCUT2D eigenvalue weighted by Gasteiger charge is -2.26. The molecule has 4 nitrogen and oxygen atoms in total. The Bertz CT molecular complexity index is 361. The van der Waals surface area contributed by atoms with Crippen molar-refractivity contribution >= 4 is 11.6 Å². The van der Waals surface area contributed by atoms with Crippen molar-refractivity contribution in [2.24, 2.45) is 24.2 Å². The van der Waals surface area contributed by atoms with E-state index in [0.29, 0.717) is 16.4 Å². The third-order valence-electron chi connectivity index (χ3n) is 3.07. The number of rotatable bonds is 5. The van der Waals surface area contributed by atoms with Gasteiger partial charge in [-0.2, -0.15) is 5.10 Å². The lowest BCUT2D eigenvalue weighted by atomic mass is 9.82. The van der Waals surface area contributed by atoms with Gasteiger partial charge in [0.1, 0.15) is 0 Å². The predicted octanol–water partition coefficient (Wildman–Crippen LogP) is 3.04. The van der Waals surface area contributed by atoms with Crippen LogP contribution in [-0.4, -0.2) is 9.78 Å². The van der Waals surface area contributed by atoms with Crippen LogP contribution in [0.5, 0.6) is 0 Å². The molecular weight excluding hydrogens is 248 g/mol. The van der Waals surface area contributed by atoms with Crippen molar-refractivity contribution in [3.05, 3.63) is 16.9 Å². The van der Waals surface area contributed by atoms with Gasteiger partial charge >= 0.3 is 0 Å². The SMILES string of the molecule is CC(CC(NN)c1c(Cl)cnn1C)CC(C)(C)C. The molecule has 1 aromatic rings. The molecule has 104 valence electrons. The zero-order chi connectivity index (χ0) is 13.9. The summed E-state index contributed by atoms with van der Waals surface area (Å²) in [5.74, 6) is 6.23. The summed E-state index contributed by atoms with van der Waals surface area (Å²) in [6, 6.07) is 0.0438. The van der Waals surface area contributed by atoms with E-state index >= 15 is 0 Å². The van der Waals surface area contributed by atoms with E-state index in [9.17, 15) is 0 Å². The highest BCUT2D eigenvalue weighted by atomic mass is 35.5. The van der Waals surface area contributed by atoms with Gasteiger partial charge in [0.05, 0.1) is 23.0 Å². The first-order valence-electron chi connectivity index (χ1n) is 6.38. The minimum absolute atomic E-state index is 0.0438. The molecule has 0 saturated carbocycles. The number of nitrogens with two attached hydrogens (primary N) is 1. The van der Waals surface area contributed by atoms with Gasteiger partial charge in [-0.05, 0) is 24.2 Å². The molecule has 0 aliphatic rings. The molecule has 5 heteroatoms. The number of nitrogens with zero attached hydrogens (tertiary/aromatic N) is 2. The van der Waals surface area contributed by atoms with Crippen molar-refractivity contribution in [3.63, 3.8) is 0 Å². The van der Waals surface area contributed by atoms with Crippen molar-refractivity contribution in [1.82, 2.24) is 15.2 Å². The molecule has 0 saturated heterocycles. The third kappa shape index (κ3) is 4.26. The fourth-order valence-corrected chi connectivity index (χ4v) is 2.90. The first-order chi connectivity index (χ1) is 8.24. The van der Waals surface area contributed by atoms with Crippen LogP contribution in [0.15, 0.2) is 6.20 Å². The topological polar surface area (TPSA) is 55.9 Å². The average molecular weight is 273 g/mol. The number of hydrogen-bond donors (Lipinski definition) is 2. The van der Waals surface area contributed by atoms with Crippen LogP contribution >= 0.6 is 11.6 Å². The van der Waals surface area contributed by atoms with Crippen molar-refractivity contribution in [1.29, 1.82) is 0 Å². The maximum atomic E-state index is 6.16. The van der Waals surface area contributed by atoms with Gasteiger partial charge in [0, 0.05) is 7.05 Å². The van der Waals surface area contributed by atoms with Crippen LogP contribution in [0.2, 0.25) is 5.02 Å². The van der Waals surface area contributed by atoms with E-state index < -0.39 is 0 Å². The van der Waals surface area contributed by atoms with Gasteiger partial charge in [0.25, 0.3) is 0 Å². The van der Waals surface area contributed by atoms with Gasteiger partial charge in [-0.15, -0.1) is 0 Å². The summed E-state index contributed by atoms with van der Waals surface area (Å²) in [6.45, 7) is 9.02. The van der Waals surface area contributed by atoms with E-state index in [2.05, 4.69) is 38.2 Å². The number of aromatic nitrogens is 2. The molecule has 0 bridgehead atoms. The second kappa shape index (κ2) is 6.04. The van der Waals surface area contributed by atoms with Gasteiger partial charge in [0.2, 0.25) is 0 Å². The van der Waals surface area contributed by atoms with Crippen molar-refractivity contribution in [3.8, 4) is 0 Å². The van der Waals surface area contributed by atoms with E-state index in [4.69, 9.17) is 17.4 Å². The van der Waals surface area contributed by atoms with Gasteiger partial charge < -0.3 is 0 Å². The van der Waals surface area contributed by atoms with Crippen molar-refractivity contribution in [2.75, 3.05) is 0 Å². The fraction of sp³-hybridized carbons (Fsp3) is 0.769. The molecule has 2 atom stereocenters. The Morgan fingerprint density at radius 3 is 2.50 bits per heavy atom. The van der Waals surface area contributed by atoms with E-state index in [-0.39, 0.29) is 6.04 Å². The molecule has 0 aliphatic heterocycles. The maximum Gasteiger partial charge on any atom is 0.0834 e. The summed E-state index contributed by atoms with van der Waals surface area (Å²) in [7, 11) is 1.89. The molecular formula is C13H25ClN4. The normalized spacial score (nSPS) is 15.7. The molecule has 1 aromatic heterocycles. The quantitative estimate of drug-likeness (QED) is 0.640. The van der Waals surface area contributed by atoms with Gasteiger partial charge in [-0.1, -0.05) is 39.3 Å². The third-order valence-corrected chi connectivity index (χ3v) is 3.36. The molecule has 0 fully saturated rings. The lowest BCUT2D eigenvalue weighted by Crippen LogP contribution is -2.31. The molecule has 1 rings (SSSR count). The van der Waals surface area contributed by atoms with Crippen LogP contribution in [-0.2, 0) is 7.05 Å². The Hall–Kier alpha value is -0.580. The van der Waals surface area contributed by atoms with Crippen molar-refractivity contribution < 1.29 is 0 Å². The second-order valence-electron chi connectivity index (χ2n) is 6.33. The van der Waals surface area contributed by atoms with Gasteiger partial charge in [0.15, 0.2) is 0 Å². The highest BCUT2D eigenvalue weighted by molar-refractivity contribution is 6.31. The minimum Gasteiger partial charge on any atom is -0.271 e. The molecule has 0 aromatic carbocycles. The Balaban J connectivity index is 2.74. The zero-order valence-corrected chi connectivity index (χ0v) is 12.8. The summed E-state index contributed by atoms with van der Waals surface area (Å²) < 4.78 is 1.79. The van der Waals surface area contributed by atoms with E-state index in [1.807, 2.05) is 7.05 Å². The Morgan fingerprint density at radius 2 is 2.11 bits per heavy atom. The molecule has 3 N–H and O–H groups in total. The largest absolute Gasteiger partial charge is 0.271 e. The summed E-state index contributed by atoms with van der Waals surface area (Å²) in [5, 5.41) is 4.83. The lowest BCUT2D eigenvalue weighted by molar-refractivity contribution is 0.273. The number of aryl methyl sites for hydroxylation is 1. The average Bonchev–Trinajstić information content (AvgIpc) is 2.53. The maximum absolute atomic E-state index is 6.16. The second-order valence-corrected chi connectivity index (χ2v) is 6.73. The van der Waals surface area contributed by atoms with Crippen LogP contribution in [0.3, 0.4) is 0 Å². The molecule has 0 amide bonds. The zero-order valence-electron chi connectivity index (χ0n) is 12.0. The minimum atomic E-state index is 0.0438. The summed E-state index contributed by atoms with van der Waals surface area (Å²) >= 11 is 6.16. The van der Waals surface area contributed by atoms with Gasteiger partial charge in [-0.25, -0.2) is 0 Å². The Labute approximate surface area is 115 Å². The molecule has 0 aliphatic carbocycles. The smallest absolute Gasteiger partial charge is 0.0834 e. The number of hydrazine groups is 1. The summed E-state index contributed by atoms with van der Waals surface area (Å²) in [6.07, 6.45) is 3.77. The molecule has 0 spiro atoms. The number of halogens is 1. The van der Waals surface area contributed by atoms with Crippen LogP contribution in [0.25, 0.3) is 0 Å². The van der Waals surface area contributed by atoms with Crippen LogP contribution in [0.1, 0.15) is 52.3 Å². The first-order valence-corrected chi connectivity index (χ1v) is 6.76. The van der Waals surface area contributed by atoms with E-state index in [1.165, 1.54) is 0 Å². The standard InChI is InChI=1S/C13H25ClN4/c1-9(7-13(2,3)4)6-11(17-15)12-10(14)8-16-18(12)5/h8-9,11,17H,6-7,15H2,1-5H3. The van der Waals surface area contributed by atoms with Crippen LogP contribution < -0.4 is 11.3 Å². The van der Waals surface area contributed by atoms with E-state index in [0.717, 1.165) is 18.5 Å². The molecule has 2 unspecified atom stereocenters. The Kier molecular flexibility index (Phi) is 5.20. The summed E-state index contributed by atoms with van der Waals surface area (Å²) in [5.41, 5.74) is 4.14. The fourth-order valence-electron chi connectivity index (χ4n) is 2.60.